The summed E-state index contributed by atoms with van der Waals surface area (Å²) in [5, 5.41) is 10.4. The Morgan fingerprint density at radius 1 is 1.11 bits per heavy atom. The molecule has 0 aliphatic heterocycles. The smallest absolute Gasteiger partial charge is 0.247 e. The third kappa shape index (κ3) is 6.28. The zero-order valence-electron chi connectivity index (χ0n) is 19.4. The maximum Gasteiger partial charge on any atom is 0.247 e. The van der Waals surface area contributed by atoms with E-state index in [0.29, 0.717) is 39.7 Å². The summed E-state index contributed by atoms with van der Waals surface area (Å²) in [7, 11) is 0. The summed E-state index contributed by atoms with van der Waals surface area (Å²) in [6.45, 7) is 3.43. The fourth-order valence-corrected chi connectivity index (χ4v) is 3.65. The molecular weight excluding hydrogens is 497 g/mol. The molecule has 0 aliphatic carbocycles. The molecule has 2 N–H and O–H groups in total. The Morgan fingerprint density at radius 2 is 1.92 bits per heavy atom. The maximum atomic E-state index is 13.9. The van der Waals surface area contributed by atoms with Gasteiger partial charge >= 0.3 is 0 Å². The minimum absolute atomic E-state index is 0.00955. The molecule has 0 atom stereocenters. The van der Waals surface area contributed by atoms with Crippen LogP contribution in [0.3, 0.4) is 0 Å². The Labute approximate surface area is 217 Å². The number of hydrogen-bond donors (Lipinski definition) is 2. The molecule has 10 heteroatoms. The number of halogens is 2. The zero-order chi connectivity index (χ0) is 26.2. The summed E-state index contributed by atoms with van der Waals surface area (Å²) in [6.07, 6.45) is 4.21. The topological polar surface area (TPSA) is 95.9 Å². The lowest BCUT2D eigenvalue weighted by Crippen LogP contribution is -2.11. The van der Waals surface area contributed by atoms with Gasteiger partial charge in [-0.05, 0) is 54.6 Å². The highest BCUT2D eigenvalue weighted by Gasteiger charge is 2.17. The molecule has 0 bridgehead atoms. The first kappa shape index (κ1) is 25.3. The Kier molecular flexibility index (Phi) is 8.07. The lowest BCUT2D eigenvalue weighted by molar-refractivity contribution is -0.111. The van der Waals surface area contributed by atoms with Crippen molar-refractivity contribution in [1.82, 2.24) is 4.98 Å². The molecule has 4 rings (SSSR count). The summed E-state index contributed by atoms with van der Waals surface area (Å²) in [5.74, 6) is -0.393. The van der Waals surface area contributed by atoms with Crippen LogP contribution in [-0.4, -0.2) is 10.9 Å². The molecule has 8 nitrogen and oxygen atoms in total. The van der Waals surface area contributed by atoms with E-state index in [1.807, 2.05) is 0 Å². The van der Waals surface area contributed by atoms with E-state index in [2.05, 4.69) is 27.5 Å². The summed E-state index contributed by atoms with van der Waals surface area (Å²) < 4.78 is 19.6. The summed E-state index contributed by atoms with van der Waals surface area (Å²) in [6, 6.07) is 19.7. The first-order chi connectivity index (χ1) is 18.0. The zero-order valence-corrected chi connectivity index (χ0v) is 20.2. The second kappa shape index (κ2) is 11.8. The van der Waals surface area contributed by atoms with Gasteiger partial charge in [0, 0.05) is 23.1 Å². The number of ether oxygens (including phenoxy) is 1. The van der Waals surface area contributed by atoms with Crippen molar-refractivity contribution in [3.8, 4) is 5.75 Å². The number of anilines is 5. The molecule has 0 spiro atoms. The summed E-state index contributed by atoms with van der Waals surface area (Å²) in [4.78, 5) is 27.7. The molecule has 37 heavy (non-hydrogen) atoms. The van der Waals surface area contributed by atoms with Gasteiger partial charge in [-0.15, -0.1) is 4.91 Å². The van der Waals surface area contributed by atoms with Gasteiger partial charge in [-0.3, -0.25) is 9.78 Å². The fourth-order valence-electron chi connectivity index (χ4n) is 3.42. The van der Waals surface area contributed by atoms with Gasteiger partial charge in [-0.2, -0.15) is 5.01 Å². The number of nitroso groups, excluding NO2 is 1. The van der Waals surface area contributed by atoms with Crippen LogP contribution in [0.25, 0.3) is 0 Å². The van der Waals surface area contributed by atoms with Crippen LogP contribution in [-0.2, 0) is 11.4 Å². The molecule has 0 aliphatic rings. The molecule has 0 saturated heterocycles. The summed E-state index contributed by atoms with van der Waals surface area (Å²) >= 11 is 6.40. The van der Waals surface area contributed by atoms with Crippen LogP contribution in [0, 0.1) is 10.7 Å². The maximum absolute atomic E-state index is 13.9. The Morgan fingerprint density at radius 3 is 2.68 bits per heavy atom. The molecule has 0 radical (unpaired) electrons. The van der Waals surface area contributed by atoms with Crippen molar-refractivity contribution in [1.29, 1.82) is 0 Å². The minimum Gasteiger partial charge on any atom is -0.487 e. The van der Waals surface area contributed by atoms with E-state index < -0.39 is 0 Å². The largest absolute Gasteiger partial charge is 0.487 e. The summed E-state index contributed by atoms with van der Waals surface area (Å²) in [5.41, 5.74) is 2.84. The van der Waals surface area contributed by atoms with Crippen molar-refractivity contribution in [2.75, 3.05) is 15.6 Å². The standard InChI is InChI=1S/C27H21ClFN5O3/c1-2-27(35)32-20-8-5-7-19(14-20)31-24-12-13-30-16-25(24)34(33-36)21-10-11-26(22(28)15-21)37-17-18-6-3-4-9-23(18)29/h2-16H,1,17H2,(H,30,31)(H,32,35). The third-order valence-corrected chi connectivity index (χ3v) is 5.50. The highest BCUT2D eigenvalue weighted by Crippen LogP contribution is 2.37. The van der Waals surface area contributed by atoms with E-state index in [4.69, 9.17) is 16.3 Å². The van der Waals surface area contributed by atoms with Crippen molar-refractivity contribution < 1.29 is 13.9 Å². The number of nitrogens with one attached hydrogen (secondary N) is 2. The Balaban J connectivity index is 1.55. The van der Waals surface area contributed by atoms with E-state index >= 15 is 0 Å². The van der Waals surface area contributed by atoms with Crippen LogP contribution < -0.4 is 20.4 Å². The molecule has 3 aromatic carbocycles. The number of nitrogens with zero attached hydrogens (tertiary/aromatic N) is 3. The lowest BCUT2D eigenvalue weighted by Gasteiger charge is -2.20. The van der Waals surface area contributed by atoms with E-state index in [1.165, 1.54) is 24.4 Å². The van der Waals surface area contributed by atoms with E-state index in [9.17, 15) is 14.1 Å². The van der Waals surface area contributed by atoms with Crippen molar-refractivity contribution in [3.05, 3.63) is 119 Å². The van der Waals surface area contributed by atoms with Gasteiger partial charge in [0.25, 0.3) is 0 Å². The highest BCUT2D eigenvalue weighted by molar-refractivity contribution is 6.32. The van der Waals surface area contributed by atoms with Crippen molar-refractivity contribution >= 4 is 45.9 Å². The van der Waals surface area contributed by atoms with Crippen LogP contribution in [0.15, 0.2) is 103 Å². The molecule has 0 fully saturated rings. The number of carbonyl (C=O) groups is 1. The van der Waals surface area contributed by atoms with E-state index in [-0.39, 0.29) is 23.4 Å². The number of carbonyl (C=O) groups excluding carboxylic acids is 1. The van der Waals surface area contributed by atoms with Crippen LogP contribution in [0.1, 0.15) is 5.56 Å². The third-order valence-electron chi connectivity index (χ3n) is 5.21. The number of rotatable bonds is 10. The number of aromatic nitrogens is 1. The van der Waals surface area contributed by atoms with Gasteiger partial charge < -0.3 is 15.4 Å². The monoisotopic (exact) mass is 517 g/mol. The van der Waals surface area contributed by atoms with E-state index in [0.717, 1.165) is 5.01 Å². The molecule has 1 aromatic heterocycles. The second-order valence-corrected chi connectivity index (χ2v) is 8.09. The second-order valence-electron chi connectivity index (χ2n) is 7.68. The number of benzene rings is 3. The highest BCUT2D eigenvalue weighted by atomic mass is 35.5. The number of amides is 1. The average molecular weight is 518 g/mol. The molecule has 4 aromatic rings. The predicted molar refractivity (Wildman–Crippen MR) is 143 cm³/mol. The van der Waals surface area contributed by atoms with Crippen LogP contribution in [0.2, 0.25) is 5.02 Å². The van der Waals surface area contributed by atoms with Crippen LogP contribution >= 0.6 is 11.6 Å². The fraction of sp³-hybridized carbons (Fsp3) is 0.0370. The SMILES string of the molecule is C=CC(=O)Nc1cccc(Nc2ccncc2N(N=O)c2ccc(OCc3ccccc3F)c(Cl)c2)c1. The van der Waals surface area contributed by atoms with Crippen molar-refractivity contribution in [3.63, 3.8) is 0 Å². The predicted octanol–water partition coefficient (Wildman–Crippen LogP) is 7.14. The van der Waals surface area contributed by atoms with Gasteiger partial charge in [-0.1, -0.05) is 42.4 Å². The normalized spacial score (nSPS) is 10.3. The Hall–Kier alpha value is -4.76. The first-order valence-electron chi connectivity index (χ1n) is 11.0. The van der Waals surface area contributed by atoms with Gasteiger partial charge in [0.15, 0.2) is 0 Å². The van der Waals surface area contributed by atoms with E-state index in [1.54, 1.807) is 66.9 Å². The lowest BCUT2D eigenvalue weighted by atomic mass is 10.2. The van der Waals surface area contributed by atoms with Crippen LogP contribution in [0.4, 0.5) is 32.8 Å². The van der Waals surface area contributed by atoms with Crippen molar-refractivity contribution in [2.45, 2.75) is 6.61 Å². The van der Waals surface area contributed by atoms with Gasteiger partial charge in [0.1, 0.15) is 23.9 Å². The Bertz CT molecular complexity index is 1450. The molecule has 186 valence electrons. The molecule has 1 amide bonds. The molecule has 0 saturated carbocycles. The van der Waals surface area contributed by atoms with Gasteiger partial charge in [-0.25, -0.2) is 4.39 Å². The quantitative estimate of drug-likeness (QED) is 0.132. The molecular formula is C27H21ClFN5O3. The first-order valence-corrected chi connectivity index (χ1v) is 11.4. The number of hydrogen-bond acceptors (Lipinski definition) is 6. The van der Waals surface area contributed by atoms with Gasteiger partial charge in [0.2, 0.25) is 5.91 Å². The van der Waals surface area contributed by atoms with Crippen LogP contribution in [0.5, 0.6) is 5.75 Å². The molecule has 1 heterocycles. The number of pyridine rings is 1. The molecule has 0 unspecified atom stereocenters. The average Bonchev–Trinajstić information content (AvgIpc) is 2.90. The van der Waals surface area contributed by atoms with Crippen molar-refractivity contribution in [2.24, 2.45) is 5.29 Å². The minimum atomic E-state index is -0.378. The van der Waals surface area contributed by atoms with Gasteiger partial charge in [0.05, 0.1) is 27.9 Å².